The lowest BCUT2D eigenvalue weighted by Crippen LogP contribution is -2.61. The van der Waals surface area contributed by atoms with Crippen LogP contribution in [0.2, 0.25) is 0 Å². The highest BCUT2D eigenvalue weighted by Crippen LogP contribution is 2.30. The molecule has 774 valence electrons. The van der Waals surface area contributed by atoms with Gasteiger partial charge < -0.3 is 107 Å². The highest BCUT2D eigenvalue weighted by atomic mass is 35.5. The number of hydrogen-bond acceptors (Lipinski definition) is 24. The number of rotatable bonds is 27. The minimum atomic E-state index is -1.48. The van der Waals surface area contributed by atoms with Crippen molar-refractivity contribution in [3.8, 4) is 11.5 Å². The van der Waals surface area contributed by atoms with Crippen LogP contribution in [-0.2, 0) is 101 Å². The van der Waals surface area contributed by atoms with Gasteiger partial charge >= 0.3 is 24.0 Å². The molecular weight excluding hydrogens is 1800 g/mol. The predicted octanol–water partition coefficient (Wildman–Crippen LogP) is 6.53. The molecule has 0 spiro atoms. The first-order chi connectivity index (χ1) is 64.4. The monoisotopic (exact) mass is 1960 g/mol. The molecule has 4 aliphatic heterocycles. The number of esters is 2. The number of carboxylic acid groups (broad SMARTS) is 1. The minimum absolute atomic E-state index is 0. The number of ether oxygens (including phenoxy) is 5. The van der Waals surface area contributed by atoms with E-state index in [0.29, 0.717) is 74.0 Å². The third-order valence-corrected chi connectivity index (χ3v) is 25.7. The Morgan fingerprint density at radius 1 is 0.529 bits per heavy atom. The zero-order valence-electron chi connectivity index (χ0n) is 85.3. The number of halogens is 1. The second-order valence-electron chi connectivity index (χ2n) is 39.2. The number of nitrogens with zero attached hydrogens (tertiary/aromatic N) is 5. The van der Waals surface area contributed by atoms with E-state index in [2.05, 4.69) is 42.5 Å². The molecule has 7 rings (SSSR count). The van der Waals surface area contributed by atoms with E-state index in [1.807, 2.05) is 99.6 Å². The van der Waals surface area contributed by atoms with Crippen LogP contribution < -0.4 is 57.7 Å². The molecule has 4 fully saturated rings. The average molecular weight is 1960 g/mol. The Labute approximate surface area is 821 Å². The summed E-state index contributed by atoms with van der Waals surface area (Å²) in [5.74, 6) is -9.13. The quantitative estimate of drug-likeness (QED) is 0.0285. The number of hydrogen-bond donors (Lipinski definition) is 12. The van der Waals surface area contributed by atoms with Gasteiger partial charge in [-0.2, -0.15) is 0 Å². The van der Waals surface area contributed by atoms with Crippen molar-refractivity contribution in [2.45, 2.75) is 330 Å². The fourth-order valence-electron chi connectivity index (χ4n) is 17.0. The van der Waals surface area contributed by atoms with Gasteiger partial charge in [-0.15, -0.1) is 12.4 Å². The van der Waals surface area contributed by atoms with Crippen molar-refractivity contribution in [1.29, 1.82) is 0 Å². The maximum atomic E-state index is 14.6. The summed E-state index contributed by atoms with van der Waals surface area (Å²) < 4.78 is 27.6. The van der Waals surface area contributed by atoms with E-state index in [4.69, 9.17) is 29.4 Å². The fourth-order valence-corrected chi connectivity index (χ4v) is 17.0. The first-order valence-corrected chi connectivity index (χ1v) is 48.3. The van der Waals surface area contributed by atoms with Gasteiger partial charge in [-0.05, 0) is 161 Å². The standard InChI is InChI=1S/C46H75N7O10.C39H62N6O9.C15H21NO4.ClH/c1-13-28(8)39-36(54)24-37(55)49-38(27(6)7)42(57)48-33(22-26(4)5)44(59)53-20-14-15-34(53)45(60)52(11)35(23-30-16-18-31(62-12)19-17-30)46(61)63-29(9)40(43(58)50-39)51-41(56)32(47-10)21-25(2)3;1-10-23(6)34-30(46)20-31(47)42-33(22(4)5)36(49)41-27(18-21(2)3)37(50)45-17-11-12-28(45)38(51)44(8)29(19-25-13-15-26(53-9)16-14-25)39(52)54-24(7)32(40)35(48)43-34;1-11(2)9-13(14(17)18)16(3)15(19)20-10-12-7-5-4-6-8-12;/h16-19,25-29,32-36,38-40,47,54H,13-15,20-24H2,1-12H3,(H,48,57)(H,49,55)(H,50,58)(H,51,56);13-16,21-24,27-30,32-34,46H,10-12,17-20,40H2,1-9H3,(H,41,49)(H,42,47)(H,43,48);4-8,11,13H,9-10H2,1-3H3,(H,17,18);1H/t28-,29+,32+,33-,34-,35-,36-,38-,39+,40-;23-,24+,27-,28-,29-,30-,32-,33-,34+;13-;/m001./s1. The van der Waals surface area contributed by atoms with Crippen LogP contribution in [0.25, 0.3) is 0 Å². The maximum absolute atomic E-state index is 14.6. The molecule has 37 nitrogen and oxygen atoms in total. The summed E-state index contributed by atoms with van der Waals surface area (Å²) in [5, 5.41) is 54.6. The molecule has 138 heavy (non-hydrogen) atoms. The van der Waals surface area contributed by atoms with E-state index < -0.39 is 217 Å². The molecule has 3 aromatic rings. The predicted molar refractivity (Wildman–Crippen MR) is 522 cm³/mol. The normalized spacial score (nSPS) is 25.6. The third-order valence-electron chi connectivity index (χ3n) is 25.7. The molecule has 0 bridgehead atoms. The number of cyclic esters (lactones) is 2. The van der Waals surface area contributed by atoms with Crippen molar-refractivity contribution in [3.63, 3.8) is 0 Å². The van der Waals surface area contributed by atoms with Gasteiger partial charge in [-0.1, -0.05) is 178 Å². The van der Waals surface area contributed by atoms with Crippen molar-refractivity contribution >= 4 is 101 Å². The van der Waals surface area contributed by atoms with Gasteiger partial charge in [0.2, 0.25) is 65.0 Å². The lowest BCUT2D eigenvalue weighted by Gasteiger charge is -2.35. The van der Waals surface area contributed by atoms with Gasteiger partial charge in [0, 0.05) is 47.1 Å². The molecular formula is C100H159ClN14O23. The van der Waals surface area contributed by atoms with E-state index in [1.165, 1.54) is 68.8 Å². The van der Waals surface area contributed by atoms with Crippen LogP contribution in [0.4, 0.5) is 4.79 Å². The summed E-state index contributed by atoms with van der Waals surface area (Å²) in [6.07, 6.45) is -2.73. The number of aliphatic hydroxyl groups is 2. The second kappa shape index (κ2) is 57.7. The van der Waals surface area contributed by atoms with E-state index in [1.54, 1.807) is 97.1 Å². The van der Waals surface area contributed by atoms with Crippen molar-refractivity contribution in [1.82, 2.24) is 67.0 Å². The van der Waals surface area contributed by atoms with E-state index in [9.17, 15) is 87.2 Å². The summed E-state index contributed by atoms with van der Waals surface area (Å²) in [7, 11) is 9.09. The molecule has 38 heteroatoms. The summed E-state index contributed by atoms with van der Waals surface area (Å²) >= 11 is 0. The lowest BCUT2D eigenvalue weighted by atomic mass is 9.91. The molecule has 0 saturated carbocycles. The number of likely N-dealkylation sites (N-methyl/N-ethyl adjacent to an activating group) is 4. The number of aliphatic hydroxyl groups excluding tert-OH is 2. The van der Waals surface area contributed by atoms with Crippen LogP contribution >= 0.6 is 12.4 Å². The van der Waals surface area contributed by atoms with Crippen LogP contribution in [0.15, 0.2) is 78.9 Å². The summed E-state index contributed by atoms with van der Waals surface area (Å²) in [6.45, 7) is 33.3. The van der Waals surface area contributed by atoms with E-state index in [-0.39, 0.29) is 99.2 Å². The van der Waals surface area contributed by atoms with Crippen LogP contribution in [0.3, 0.4) is 0 Å². The largest absolute Gasteiger partial charge is 0.497 e. The minimum Gasteiger partial charge on any atom is -0.497 e. The Balaban J connectivity index is 0.000000480. The average Bonchev–Trinajstić information content (AvgIpc) is 1.64. The number of carboxylic acids is 1. The molecule has 20 atom stereocenters. The Morgan fingerprint density at radius 2 is 0.928 bits per heavy atom. The van der Waals surface area contributed by atoms with E-state index >= 15 is 0 Å². The van der Waals surface area contributed by atoms with Gasteiger partial charge in [0.25, 0.3) is 0 Å². The summed E-state index contributed by atoms with van der Waals surface area (Å²) in [5.41, 5.74) is 8.55. The second-order valence-corrected chi connectivity index (χ2v) is 39.2. The van der Waals surface area contributed by atoms with E-state index in [0.717, 1.165) is 10.5 Å². The Bertz CT molecular complexity index is 4450. The molecule has 0 aliphatic carbocycles. The molecule has 0 radical (unpaired) electrons. The SMILES string of the molecule is CC(C)C[C@H](C(=O)O)N(C)C(=O)OCc1ccccc1.CC[C@H](C)[C@H]1NC(=O)[C@@H](N)[C@@H](C)OC(=O)[C@H](Cc2ccc(OC)cc2)N(C)C(=O)[C@@H]2CCCN2C(=O)[C@H](CC(C)C)NC(=O)[C@H](C(C)C)NC(=O)C[C@@H]1O.CC[C@H](C)[C@H]1NC(=O)[C@@H](NC(=O)[C@@H](CC(C)C)NC)[C@@H](C)OC(=O)[C@H](Cc2ccc(OC)cc2)N(C)C(=O)[C@@H]2CCCN2C(=O)[C@H](CC(C)C)NC(=O)[C@H](C(C)C)NC(=O)C[C@@H]1O.Cl. The number of fused-ring (bicyclic) bond motifs is 2. The van der Waals surface area contributed by atoms with Crippen LogP contribution in [0.1, 0.15) is 218 Å². The molecule has 3 aromatic carbocycles. The maximum Gasteiger partial charge on any atom is 0.410 e. The number of carbonyl (C=O) groups excluding carboxylic acids is 14. The molecule has 0 aromatic heterocycles. The molecule has 12 amide bonds. The molecule has 4 aliphatic rings. The van der Waals surface area contributed by atoms with Crippen molar-refractivity contribution in [2.24, 2.45) is 53.1 Å². The first-order valence-electron chi connectivity index (χ1n) is 48.3. The van der Waals surface area contributed by atoms with Gasteiger partial charge in [0.05, 0.1) is 57.4 Å². The zero-order valence-corrected chi connectivity index (χ0v) is 86.1. The number of nitrogens with two attached hydrogens (primary N) is 1. The first kappa shape index (κ1) is 120. The highest BCUT2D eigenvalue weighted by Gasteiger charge is 2.48. The van der Waals surface area contributed by atoms with Crippen molar-refractivity contribution < 1.29 is 111 Å². The van der Waals surface area contributed by atoms with Gasteiger partial charge in [-0.25, -0.2) is 19.2 Å². The van der Waals surface area contributed by atoms with Crippen LogP contribution in [0.5, 0.6) is 11.5 Å². The summed E-state index contributed by atoms with van der Waals surface area (Å²) in [6, 6.07) is 8.40. The number of carbonyl (C=O) groups is 15. The number of aliphatic carboxylic acids is 1. The fraction of sp³-hybridized carbons (Fsp3) is 0.670. The molecule has 0 unspecified atom stereocenters. The highest BCUT2D eigenvalue weighted by molar-refractivity contribution is 5.98. The van der Waals surface area contributed by atoms with Crippen LogP contribution in [0, 0.1) is 47.3 Å². The van der Waals surface area contributed by atoms with Gasteiger partial charge in [0.15, 0.2) is 0 Å². The molecule has 4 saturated heterocycles. The number of nitrogens with one attached hydrogen (secondary N) is 8. The Hall–Kier alpha value is -10.8. The number of benzene rings is 3. The molecule has 13 N–H and O–H groups in total. The lowest BCUT2D eigenvalue weighted by molar-refractivity contribution is -0.162. The van der Waals surface area contributed by atoms with Gasteiger partial charge in [-0.3, -0.25) is 57.6 Å². The van der Waals surface area contributed by atoms with Crippen molar-refractivity contribution in [2.75, 3.05) is 55.5 Å². The van der Waals surface area contributed by atoms with Crippen molar-refractivity contribution in [3.05, 3.63) is 95.6 Å². The number of methoxy groups -OCH3 is 2. The third kappa shape index (κ3) is 35.8. The number of amides is 12. The molecule has 4 heterocycles. The Morgan fingerprint density at radius 3 is 1.29 bits per heavy atom. The van der Waals surface area contributed by atoms with Gasteiger partial charge in [0.1, 0.15) is 96.8 Å². The smallest absolute Gasteiger partial charge is 0.410 e. The van der Waals surface area contributed by atoms with Crippen LogP contribution in [-0.4, -0.2) is 293 Å². The topological polar surface area (TPSA) is 501 Å². The zero-order chi connectivity index (χ0) is 103. The summed E-state index contributed by atoms with van der Waals surface area (Å²) in [4.78, 5) is 212. The Kier molecular flexibility index (Phi) is 50.0.